The number of nitrogens with one attached hydrogen (secondary N) is 2. The van der Waals surface area contributed by atoms with Crippen molar-refractivity contribution in [2.75, 3.05) is 13.4 Å². The second kappa shape index (κ2) is 7.23. The molecule has 2 aromatic carbocycles. The average Bonchev–Trinajstić information content (AvgIpc) is 3.12. The van der Waals surface area contributed by atoms with E-state index in [-0.39, 0.29) is 13.4 Å². The number of hydrogen-bond acceptors (Lipinski definition) is 6. The molecule has 0 atom stereocenters. The lowest BCUT2D eigenvalue weighted by atomic mass is 10.2. The quantitative estimate of drug-likeness (QED) is 0.808. The molecule has 126 valence electrons. The normalized spacial score (nSPS) is 11.3. The van der Waals surface area contributed by atoms with Crippen molar-refractivity contribution in [3.63, 3.8) is 0 Å². The summed E-state index contributed by atoms with van der Waals surface area (Å²) in [5.74, 6) is 0.244. The van der Waals surface area contributed by atoms with Crippen LogP contribution in [0.2, 0.25) is 0 Å². The van der Waals surface area contributed by atoms with E-state index >= 15 is 0 Å². The van der Waals surface area contributed by atoms with Crippen molar-refractivity contribution in [2.24, 2.45) is 0 Å². The van der Waals surface area contributed by atoms with Crippen LogP contribution in [0.5, 0.6) is 17.2 Å². The Morgan fingerprint density at radius 3 is 2.76 bits per heavy atom. The summed E-state index contributed by atoms with van der Waals surface area (Å²) in [4.78, 5) is 23.8. The van der Waals surface area contributed by atoms with Gasteiger partial charge in [0.2, 0.25) is 6.79 Å². The smallest absolute Gasteiger partial charge is 0.276 e. The molecule has 2 N–H and O–H groups in total. The first kappa shape index (κ1) is 16.1. The summed E-state index contributed by atoms with van der Waals surface area (Å²) in [5.41, 5.74) is 5.14. The minimum Gasteiger partial charge on any atom is -0.482 e. The highest BCUT2D eigenvalue weighted by atomic mass is 16.7. The van der Waals surface area contributed by atoms with E-state index in [2.05, 4.69) is 10.9 Å². The van der Waals surface area contributed by atoms with Gasteiger partial charge in [-0.2, -0.15) is 5.26 Å². The number of hydrogen-bond donors (Lipinski definition) is 2. The second-order valence-corrected chi connectivity index (χ2v) is 4.97. The molecular weight excluding hydrogens is 326 g/mol. The zero-order valence-corrected chi connectivity index (χ0v) is 12.9. The SMILES string of the molecule is N#Cc1ccccc1OCC(=O)NNC(=O)c1ccc2c(c1)OCO2. The van der Waals surface area contributed by atoms with Gasteiger partial charge in [-0.3, -0.25) is 20.4 Å². The molecule has 0 unspecified atom stereocenters. The molecule has 8 nitrogen and oxygen atoms in total. The summed E-state index contributed by atoms with van der Waals surface area (Å²) < 4.78 is 15.6. The molecule has 0 fully saturated rings. The number of fused-ring (bicyclic) bond motifs is 1. The maximum Gasteiger partial charge on any atom is 0.276 e. The molecule has 0 bridgehead atoms. The molecule has 25 heavy (non-hydrogen) atoms. The Balaban J connectivity index is 1.50. The van der Waals surface area contributed by atoms with Gasteiger partial charge in [-0.25, -0.2) is 0 Å². The number of carbonyl (C=O) groups is 2. The van der Waals surface area contributed by atoms with Crippen LogP contribution < -0.4 is 25.1 Å². The summed E-state index contributed by atoms with van der Waals surface area (Å²) >= 11 is 0. The fraction of sp³-hybridized carbons (Fsp3) is 0.118. The number of para-hydroxylation sites is 1. The van der Waals surface area contributed by atoms with Crippen LogP contribution in [0.3, 0.4) is 0 Å². The van der Waals surface area contributed by atoms with Gasteiger partial charge in [-0.15, -0.1) is 0 Å². The van der Waals surface area contributed by atoms with Crippen LogP contribution in [0.25, 0.3) is 0 Å². The molecule has 3 rings (SSSR count). The van der Waals surface area contributed by atoms with E-state index in [1.54, 1.807) is 36.4 Å². The standard InChI is InChI=1S/C17H13N3O5/c18-8-12-3-1-2-4-13(12)23-9-16(21)19-20-17(22)11-5-6-14-15(7-11)25-10-24-14/h1-7H,9-10H2,(H,19,21)(H,20,22). The van der Waals surface area contributed by atoms with Crippen LogP contribution in [0.15, 0.2) is 42.5 Å². The van der Waals surface area contributed by atoms with Crippen LogP contribution in [-0.4, -0.2) is 25.2 Å². The molecule has 8 heteroatoms. The summed E-state index contributed by atoms with van der Waals surface area (Å²) in [5, 5.41) is 8.95. The van der Waals surface area contributed by atoms with Crippen molar-refractivity contribution < 1.29 is 23.8 Å². The molecule has 0 aliphatic carbocycles. The number of amides is 2. The van der Waals surface area contributed by atoms with E-state index in [0.717, 1.165) is 0 Å². The highest BCUT2D eigenvalue weighted by molar-refractivity contribution is 5.96. The predicted octanol–water partition coefficient (Wildman–Crippen LogP) is 1.13. The Hall–Kier alpha value is -3.73. The van der Waals surface area contributed by atoms with Gasteiger partial charge in [-0.1, -0.05) is 12.1 Å². The molecule has 1 heterocycles. The molecule has 0 spiro atoms. The summed E-state index contributed by atoms with van der Waals surface area (Å²) in [6.45, 7) is -0.237. The van der Waals surface area contributed by atoms with Crippen molar-refractivity contribution in [3.05, 3.63) is 53.6 Å². The third-order valence-corrected chi connectivity index (χ3v) is 3.32. The highest BCUT2D eigenvalue weighted by Gasteiger charge is 2.16. The highest BCUT2D eigenvalue weighted by Crippen LogP contribution is 2.32. The first-order chi connectivity index (χ1) is 12.2. The molecule has 1 aliphatic heterocycles. The first-order valence-electron chi connectivity index (χ1n) is 7.28. The third-order valence-electron chi connectivity index (χ3n) is 3.32. The minimum atomic E-state index is -0.568. The van der Waals surface area contributed by atoms with Gasteiger partial charge in [0.1, 0.15) is 11.8 Å². The summed E-state index contributed by atoms with van der Waals surface area (Å²) in [7, 11) is 0. The topological polar surface area (TPSA) is 110 Å². The van der Waals surface area contributed by atoms with Gasteiger partial charge in [0.15, 0.2) is 18.1 Å². The van der Waals surface area contributed by atoms with E-state index in [4.69, 9.17) is 19.5 Å². The van der Waals surface area contributed by atoms with Gasteiger partial charge >= 0.3 is 0 Å². The first-order valence-corrected chi connectivity index (χ1v) is 7.28. The van der Waals surface area contributed by atoms with E-state index in [1.165, 1.54) is 6.07 Å². The van der Waals surface area contributed by atoms with Crippen molar-refractivity contribution in [3.8, 4) is 23.3 Å². The third kappa shape index (κ3) is 3.79. The van der Waals surface area contributed by atoms with Crippen molar-refractivity contribution >= 4 is 11.8 Å². The monoisotopic (exact) mass is 339 g/mol. The van der Waals surface area contributed by atoms with Crippen LogP contribution >= 0.6 is 0 Å². The Kier molecular flexibility index (Phi) is 4.67. The lowest BCUT2D eigenvalue weighted by molar-refractivity contribution is -0.123. The molecule has 0 aromatic heterocycles. The maximum absolute atomic E-state index is 12.0. The van der Waals surface area contributed by atoms with Crippen LogP contribution in [0.1, 0.15) is 15.9 Å². The molecule has 0 saturated carbocycles. The Morgan fingerprint density at radius 1 is 1.12 bits per heavy atom. The van der Waals surface area contributed by atoms with Crippen molar-refractivity contribution in [1.82, 2.24) is 10.9 Å². The van der Waals surface area contributed by atoms with Gasteiger partial charge in [-0.05, 0) is 30.3 Å². The number of nitriles is 1. The fourth-order valence-electron chi connectivity index (χ4n) is 2.10. The van der Waals surface area contributed by atoms with Gasteiger partial charge in [0.05, 0.1) is 5.56 Å². The second-order valence-electron chi connectivity index (χ2n) is 4.97. The van der Waals surface area contributed by atoms with Crippen LogP contribution in [-0.2, 0) is 4.79 Å². The zero-order valence-electron chi connectivity index (χ0n) is 12.9. The van der Waals surface area contributed by atoms with Crippen molar-refractivity contribution in [1.29, 1.82) is 5.26 Å². The lowest BCUT2D eigenvalue weighted by Crippen LogP contribution is -2.43. The number of nitrogens with zero attached hydrogens (tertiary/aromatic N) is 1. The fourth-order valence-corrected chi connectivity index (χ4v) is 2.10. The molecular formula is C17H13N3O5. The average molecular weight is 339 g/mol. The van der Waals surface area contributed by atoms with Crippen LogP contribution in [0, 0.1) is 11.3 Å². The number of hydrazine groups is 1. The molecule has 2 amide bonds. The van der Waals surface area contributed by atoms with E-state index < -0.39 is 11.8 Å². The van der Waals surface area contributed by atoms with E-state index in [9.17, 15) is 9.59 Å². The van der Waals surface area contributed by atoms with Crippen molar-refractivity contribution in [2.45, 2.75) is 0 Å². The summed E-state index contributed by atoms with van der Waals surface area (Å²) in [6.07, 6.45) is 0. The lowest BCUT2D eigenvalue weighted by Gasteiger charge is -2.09. The Labute approximate surface area is 142 Å². The predicted molar refractivity (Wildman–Crippen MR) is 84.8 cm³/mol. The van der Waals surface area contributed by atoms with Gasteiger partial charge in [0, 0.05) is 5.56 Å². The summed E-state index contributed by atoms with van der Waals surface area (Å²) in [6, 6.07) is 13.2. The van der Waals surface area contributed by atoms with Crippen LogP contribution in [0.4, 0.5) is 0 Å². The molecule has 0 saturated heterocycles. The number of rotatable bonds is 4. The van der Waals surface area contributed by atoms with E-state index in [1.807, 2.05) is 6.07 Å². The molecule has 1 aliphatic rings. The zero-order chi connectivity index (χ0) is 17.6. The molecule has 2 aromatic rings. The molecule has 0 radical (unpaired) electrons. The minimum absolute atomic E-state index is 0.110. The van der Waals surface area contributed by atoms with Gasteiger partial charge < -0.3 is 14.2 Å². The Morgan fingerprint density at radius 2 is 1.92 bits per heavy atom. The number of benzene rings is 2. The number of ether oxygens (including phenoxy) is 3. The number of carbonyl (C=O) groups excluding carboxylic acids is 2. The van der Waals surface area contributed by atoms with Gasteiger partial charge in [0.25, 0.3) is 11.8 Å². The maximum atomic E-state index is 12.0. The Bertz CT molecular complexity index is 860. The largest absolute Gasteiger partial charge is 0.482 e. The van der Waals surface area contributed by atoms with E-state index in [0.29, 0.717) is 28.4 Å².